The average Bonchev–Trinajstić information content (AvgIpc) is 3.32. The van der Waals surface area contributed by atoms with Crippen molar-refractivity contribution in [1.29, 1.82) is 0 Å². The van der Waals surface area contributed by atoms with E-state index in [0.29, 0.717) is 43.2 Å². The van der Waals surface area contributed by atoms with Crippen molar-refractivity contribution in [1.82, 2.24) is 19.8 Å². The highest BCUT2D eigenvalue weighted by atomic mass is 19.4. The van der Waals surface area contributed by atoms with Gasteiger partial charge in [0.2, 0.25) is 5.91 Å². The summed E-state index contributed by atoms with van der Waals surface area (Å²) in [6.07, 6.45) is -0.563. The molecular formula is C19H24F3N5O2. The molecule has 1 N–H and O–H groups in total. The van der Waals surface area contributed by atoms with Gasteiger partial charge in [0, 0.05) is 44.1 Å². The zero-order valence-corrected chi connectivity index (χ0v) is 16.2. The summed E-state index contributed by atoms with van der Waals surface area (Å²) in [5, 5.41) is 10.9. The smallest absolute Gasteiger partial charge is 0.367 e. The molecule has 1 amide bonds. The van der Waals surface area contributed by atoms with Crippen molar-refractivity contribution in [2.45, 2.75) is 57.3 Å². The van der Waals surface area contributed by atoms with E-state index >= 15 is 0 Å². The largest absolute Gasteiger partial charge is 0.410 e. The van der Waals surface area contributed by atoms with E-state index in [1.165, 1.54) is 6.20 Å². The summed E-state index contributed by atoms with van der Waals surface area (Å²) in [5.74, 6) is 1.01. The van der Waals surface area contributed by atoms with Crippen molar-refractivity contribution in [3.05, 3.63) is 29.8 Å². The standard InChI is InChI=1S/C19H24F3N5O2/c1-12-9-17-24-15(10-16(19(20,21)22)27(17)25-12)13-3-2-8-26(11-13)18(28)5-4-14-6-7-23-29-14/h6-7,9,13,15-16,24H,2-5,8,10-11H2,1H3/t13-,15-,16+/m0/s1. The van der Waals surface area contributed by atoms with Crippen LogP contribution in [0, 0.1) is 12.8 Å². The van der Waals surface area contributed by atoms with Crippen LogP contribution in [0.2, 0.25) is 0 Å². The maximum Gasteiger partial charge on any atom is 0.410 e. The molecule has 29 heavy (non-hydrogen) atoms. The van der Waals surface area contributed by atoms with E-state index in [9.17, 15) is 18.0 Å². The lowest BCUT2D eigenvalue weighted by Gasteiger charge is -2.41. The zero-order valence-electron chi connectivity index (χ0n) is 16.2. The monoisotopic (exact) mass is 411 g/mol. The van der Waals surface area contributed by atoms with E-state index in [0.717, 1.165) is 17.5 Å². The zero-order chi connectivity index (χ0) is 20.6. The molecule has 0 radical (unpaired) electrons. The first-order chi connectivity index (χ1) is 13.8. The summed E-state index contributed by atoms with van der Waals surface area (Å²) < 4.78 is 47.0. The molecule has 0 unspecified atom stereocenters. The minimum Gasteiger partial charge on any atom is -0.367 e. The van der Waals surface area contributed by atoms with Gasteiger partial charge in [-0.05, 0) is 32.1 Å². The van der Waals surface area contributed by atoms with Gasteiger partial charge in [-0.25, -0.2) is 4.68 Å². The van der Waals surface area contributed by atoms with Gasteiger partial charge in [-0.15, -0.1) is 0 Å². The summed E-state index contributed by atoms with van der Waals surface area (Å²) in [6.45, 7) is 2.79. The van der Waals surface area contributed by atoms with Crippen LogP contribution in [0.25, 0.3) is 0 Å². The molecule has 2 aliphatic rings. The maximum atomic E-state index is 13.6. The summed E-state index contributed by atoms with van der Waals surface area (Å²) in [5.41, 5.74) is 0.551. The summed E-state index contributed by atoms with van der Waals surface area (Å²) in [7, 11) is 0. The number of amides is 1. The van der Waals surface area contributed by atoms with Crippen molar-refractivity contribution < 1.29 is 22.5 Å². The third-order valence-corrected chi connectivity index (χ3v) is 5.80. The molecule has 1 fully saturated rings. The van der Waals surface area contributed by atoms with Crippen LogP contribution in [0.4, 0.5) is 19.0 Å². The van der Waals surface area contributed by atoms with Crippen LogP contribution in [-0.4, -0.2) is 51.1 Å². The fourth-order valence-corrected chi connectivity index (χ4v) is 4.36. The van der Waals surface area contributed by atoms with Crippen LogP contribution in [0.15, 0.2) is 22.9 Å². The molecule has 2 aromatic rings. The van der Waals surface area contributed by atoms with Gasteiger partial charge in [0.05, 0.1) is 11.9 Å². The lowest BCUT2D eigenvalue weighted by Crippen LogP contribution is -2.49. The summed E-state index contributed by atoms with van der Waals surface area (Å²) in [4.78, 5) is 14.4. The minimum atomic E-state index is -4.37. The van der Waals surface area contributed by atoms with Crippen LogP contribution in [0.5, 0.6) is 0 Å². The second-order valence-electron chi connectivity index (χ2n) is 7.88. The SMILES string of the molecule is Cc1cc2n(n1)[C@@H](C(F)(F)F)C[C@@H]([C@H]1CCCN(C(=O)CCc3ccno3)C1)N2. The maximum absolute atomic E-state index is 13.6. The van der Waals surface area contributed by atoms with Crippen LogP contribution >= 0.6 is 0 Å². The highest BCUT2D eigenvalue weighted by molar-refractivity contribution is 5.76. The Labute approximate surface area is 166 Å². The lowest BCUT2D eigenvalue weighted by molar-refractivity contribution is -0.175. The van der Waals surface area contributed by atoms with Gasteiger partial charge in [0.25, 0.3) is 0 Å². The van der Waals surface area contributed by atoms with Crippen molar-refractivity contribution in [3.8, 4) is 0 Å². The molecular weight excluding hydrogens is 387 g/mol. The van der Waals surface area contributed by atoms with Crippen LogP contribution in [-0.2, 0) is 11.2 Å². The number of halogens is 3. The van der Waals surface area contributed by atoms with Crippen molar-refractivity contribution in [2.75, 3.05) is 18.4 Å². The number of carbonyl (C=O) groups is 1. The Morgan fingerprint density at radius 3 is 2.97 bits per heavy atom. The number of nitrogens with zero attached hydrogens (tertiary/aromatic N) is 4. The van der Waals surface area contributed by atoms with Gasteiger partial charge >= 0.3 is 6.18 Å². The van der Waals surface area contributed by atoms with E-state index < -0.39 is 12.2 Å². The number of carbonyl (C=O) groups excluding carboxylic acids is 1. The van der Waals surface area contributed by atoms with Crippen molar-refractivity contribution in [2.24, 2.45) is 5.92 Å². The van der Waals surface area contributed by atoms with E-state index in [2.05, 4.69) is 15.6 Å². The Morgan fingerprint density at radius 2 is 2.24 bits per heavy atom. The molecule has 158 valence electrons. The molecule has 2 aliphatic heterocycles. The van der Waals surface area contributed by atoms with E-state index in [1.54, 1.807) is 24.0 Å². The number of hydrogen-bond acceptors (Lipinski definition) is 5. The molecule has 4 rings (SSSR count). The topological polar surface area (TPSA) is 76.2 Å². The predicted molar refractivity (Wildman–Crippen MR) is 98.2 cm³/mol. The van der Waals surface area contributed by atoms with E-state index in [1.807, 2.05) is 0 Å². The fraction of sp³-hybridized carbons (Fsp3) is 0.632. The second kappa shape index (κ2) is 7.72. The fourth-order valence-electron chi connectivity index (χ4n) is 4.36. The second-order valence-corrected chi connectivity index (χ2v) is 7.88. The summed E-state index contributed by atoms with van der Waals surface area (Å²) in [6, 6.07) is 1.37. The molecule has 0 bridgehead atoms. The van der Waals surface area contributed by atoms with Gasteiger partial charge < -0.3 is 14.7 Å². The minimum absolute atomic E-state index is 0.00447. The molecule has 4 heterocycles. The molecule has 0 aliphatic carbocycles. The van der Waals surface area contributed by atoms with Gasteiger partial charge in [-0.2, -0.15) is 18.3 Å². The van der Waals surface area contributed by atoms with Crippen LogP contribution in [0.1, 0.15) is 43.2 Å². The van der Waals surface area contributed by atoms with Gasteiger partial charge in [0.15, 0.2) is 6.04 Å². The molecule has 2 aromatic heterocycles. The van der Waals surface area contributed by atoms with Crippen LogP contribution in [0.3, 0.4) is 0 Å². The molecule has 0 spiro atoms. The Morgan fingerprint density at radius 1 is 1.41 bits per heavy atom. The van der Waals surface area contributed by atoms with Crippen molar-refractivity contribution >= 4 is 11.7 Å². The lowest BCUT2D eigenvalue weighted by atomic mass is 9.85. The Bertz CT molecular complexity index is 849. The number of likely N-dealkylation sites (tertiary alicyclic amines) is 1. The number of aryl methyl sites for hydroxylation is 2. The number of alkyl halides is 3. The molecule has 0 saturated carbocycles. The highest BCUT2D eigenvalue weighted by Gasteiger charge is 2.47. The number of rotatable bonds is 4. The number of piperidine rings is 1. The third kappa shape index (κ3) is 4.25. The molecule has 0 aromatic carbocycles. The number of fused-ring (bicyclic) bond motifs is 1. The van der Waals surface area contributed by atoms with Crippen molar-refractivity contribution in [3.63, 3.8) is 0 Å². The van der Waals surface area contributed by atoms with Crippen LogP contribution < -0.4 is 5.32 Å². The summed E-state index contributed by atoms with van der Waals surface area (Å²) >= 11 is 0. The molecule has 7 nitrogen and oxygen atoms in total. The Kier molecular flexibility index (Phi) is 5.26. The number of nitrogens with one attached hydrogen (secondary N) is 1. The number of aromatic nitrogens is 3. The third-order valence-electron chi connectivity index (χ3n) is 5.80. The quantitative estimate of drug-likeness (QED) is 0.835. The number of hydrogen-bond donors (Lipinski definition) is 1. The predicted octanol–water partition coefficient (Wildman–Crippen LogP) is 3.34. The first-order valence-electron chi connectivity index (χ1n) is 9.88. The van der Waals surface area contributed by atoms with E-state index in [4.69, 9.17) is 4.52 Å². The first kappa shape index (κ1) is 19.8. The Balaban J connectivity index is 1.43. The molecule has 3 atom stereocenters. The molecule has 10 heteroatoms. The van der Waals surface area contributed by atoms with Gasteiger partial charge in [0.1, 0.15) is 11.6 Å². The normalized spacial score (nSPS) is 24.8. The number of anilines is 1. The first-order valence-corrected chi connectivity index (χ1v) is 9.88. The molecule has 1 saturated heterocycles. The van der Waals surface area contributed by atoms with E-state index in [-0.39, 0.29) is 24.3 Å². The Hall–Kier alpha value is -2.52. The van der Waals surface area contributed by atoms with Gasteiger partial charge in [-0.3, -0.25) is 4.79 Å². The average molecular weight is 411 g/mol. The van der Waals surface area contributed by atoms with Gasteiger partial charge in [-0.1, -0.05) is 5.16 Å². The highest BCUT2D eigenvalue weighted by Crippen LogP contribution is 2.42.